The minimum Gasteiger partial charge on any atom is -0.379 e. The molecule has 1 unspecified atom stereocenters. The number of morpholine rings is 1. The first-order chi connectivity index (χ1) is 12.8. The maximum atomic E-state index is 11.6. The minimum atomic E-state index is -3.12. The van der Waals surface area contributed by atoms with Gasteiger partial charge in [0, 0.05) is 52.4 Å². The van der Waals surface area contributed by atoms with E-state index >= 15 is 0 Å². The van der Waals surface area contributed by atoms with Crippen molar-refractivity contribution in [3.63, 3.8) is 0 Å². The quantitative estimate of drug-likeness (QED) is 0.180. The second-order valence-corrected chi connectivity index (χ2v) is 9.40. The van der Waals surface area contributed by atoms with Gasteiger partial charge in [0.05, 0.1) is 19.5 Å². The third kappa shape index (κ3) is 11.1. The Morgan fingerprint density at radius 3 is 2.39 bits per heavy atom. The molecular formula is C18H40IN5O3S. The molecule has 1 atom stereocenters. The molecule has 0 amide bonds. The number of nitrogens with one attached hydrogen (secondary N) is 2. The minimum absolute atomic E-state index is 0. The Kier molecular flexibility index (Phi) is 14.7. The van der Waals surface area contributed by atoms with Gasteiger partial charge in [-0.15, -0.1) is 24.0 Å². The van der Waals surface area contributed by atoms with Crippen LogP contribution in [-0.2, 0) is 14.8 Å². The summed E-state index contributed by atoms with van der Waals surface area (Å²) in [6, 6.07) is 0.452. The smallest absolute Gasteiger partial charge is 0.211 e. The van der Waals surface area contributed by atoms with Crippen molar-refractivity contribution in [2.75, 3.05) is 65.8 Å². The summed E-state index contributed by atoms with van der Waals surface area (Å²) in [5, 5.41) is 6.72. The molecule has 2 N–H and O–H groups in total. The number of sulfonamides is 1. The van der Waals surface area contributed by atoms with Gasteiger partial charge in [-0.2, -0.15) is 0 Å². The van der Waals surface area contributed by atoms with Crippen LogP contribution in [-0.4, -0.2) is 95.4 Å². The van der Waals surface area contributed by atoms with E-state index in [-0.39, 0.29) is 24.0 Å². The fourth-order valence-electron chi connectivity index (χ4n) is 3.30. The third-order valence-electron chi connectivity index (χ3n) is 4.73. The number of nitrogens with zero attached hydrogens (tertiary/aromatic N) is 3. The lowest BCUT2D eigenvalue weighted by molar-refractivity contribution is 0.0132. The lowest BCUT2D eigenvalue weighted by Gasteiger charge is -2.35. The van der Waals surface area contributed by atoms with Gasteiger partial charge in [-0.05, 0) is 18.8 Å². The summed E-state index contributed by atoms with van der Waals surface area (Å²) >= 11 is 0. The van der Waals surface area contributed by atoms with Gasteiger partial charge in [-0.3, -0.25) is 9.89 Å². The Labute approximate surface area is 188 Å². The van der Waals surface area contributed by atoms with Crippen LogP contribution >= 0.6 is 24.0 Å². The Hall–Kier alpha value is -0.170. The summed E-state index contributed by atoms with van der Waals surface area (Å²) in [5.41, 5.74) is 0. The Bertz CT molecular complexity index is 539. The molecule has 28 heavy (non-hydrogen) atoms. The molecule has 8 nitrogen and oxygen atoms in total. The third-order valence-corrected chi connectivity index (χ3v) is 6.11. The number of guanidine groups is 1. The van der Waals surface area contributed by atoms with Gasteiger partial charge in [-0.1, -0.05) is 20.8 Å². The van der Waals surface area contributed by atoms with Crippen LogP contribution in [0.3, 0.4) is 0 Å². The second-order valence-electron chi connectivity index (χ2n) is 7.42. The summed E-state index contributed by atoms with van der Waals surface area (Å²) in [4.78, 5) is 6.78. The summed E-state index contributed by atoms with van der Waals surface area (Å²) in [5.74, 6) is 1.39. The first kappa shape index (κ1) is 27.8. The monoisotopic (exact) mass is 533 g/mol. The van der Waals surface area contributed by atoms with Gasteiger partial charge in [0.15, 0.2) is 5.96 Å². The van der Waals surface area contributed by atoms with Crippen molar-refractivity contribution in [2.24, 2.45) is 10.9 Å². The van der Waals surface area contributed by atoms with Crippen LogP contribution in [0.15, 0.2) is 4.99 Å². The van der Waals surface area contributed by atoms with E-state index in [9.17, 15) is 8.42 Å². The summed E-state index contributed by atoms with van der Waals surface area (Å²) in [6.45, 7) is 12.4. The number of hydrogen-bond acceptors (Lipinski definition) is 5. The zero-order chi connectivity index (χ0) is 20.3. The van der Waals surface area contributed by atoms with Crippen LogP contribution in [0.2, 0.25) is 0 Å². The van der Waals surface area contributed by atoms with E-state index in [1.54, 1.807) is 7.05 Å². The van der Waals surface area contributed by atoms with Crippen LogP contribution in [0.5, 0.6) is 0 Å². The van der Waals surface area contributed by atoms with E-state index < -0.39 is 10.0 Å². The second kappa shape index (κ2) is 14.8. The van der Waals surface area contributed by atoms with Crippen molar-refractivity contribution >= 4 is 40.0 Å². The zero-order valence-electron chi connectivity index (χ0n) is 18.1. The summed E-state index contributed by atoms with van der Waals surface area (Å²) < 4.78 is 30.2. The largest absolute Gasteiger partial charge is 0.379 e. The fraction of sp³-hybridized carbons (Fsp3) is 0.944. The van der Waals surface area contributed by atoms with E-state index in [0.29, 0.717) is 31.6 Å². The standard InChI is InChI=1S/C18H39N5O3S.HI/c1-6-23(27(5,24)25)9-7-8-20-18(19-4)21-15-17(14-16(2)3)22-10-12-26-13-11-22;/h16-17H,6-15H2,1-5H3,(H2,19,20,21);1H. The topological polar surface area (TPSA) is 86.3 Å². The molecule has 1 heterocycles. The van der Waals surface area contributed by atoms with Crippen molar-refractivity contribution in [1.82, 2.24) is 19.8 Å². The van der Waals surface area contributed by atoms with Gasteiger partial charge in [-0.25, -0.2) is 12.7 Å². The molecule has 0 aromatic heterocycles. The maximum Gasteiger partial charge on any atom is 0.211 e. The van der Waals surface area contributed by atoms with Crippen LogP contribution < -0.4 is 10.6 Å². The average Bonchev–Trinajstić information content (AvgIpc) is 2.62. The molecule has 0 radical (unpaired) electrons. The first-order valence-electron chi connectivity index (χ1n) is 9.99. The predicted molar refractivity (Wildman–Crippen MR) is 127 cm³/mol. The van der Waals surface area contributed by atoms with Crippen LogP contribution in [0.1, 0.15) is 33.6 Å². The highest BCUT2D eigenvalue weighted by Crippen LogP contribution is 2.13. The Morgan fingerprint density at radius 1 is 1.25 bits per heavy atom. The molecule has 168 valence electrons. The van der Waals surface area contributed by atoms with Crippen molar-refractivity contribution in [1.29, 1.82) is 0 Å². The highest BCUT2D eigenvalue weighted by atomic mass is 127. The van der Waals surface area contributed by atoms with Gasteiger partial charge >= 0.3 is 0 Å². The van der Waals surface area contributed by atoms with Crippen molar-refractivity contribution < 1.29 is 13.2 Å². The van der Waals surface area contributed by atoms with Crippen LogP contribution in [0.25, 0.3) is 0 Å². The molecule has 0 spiro atoms. The molecule has 1 aliphatic heterocycles. The fourth-order valence-corrected chi connectivity index (χ4v) is 4.23. The molecule has 0 bridgehead atoms. The zero-order valence-corrected chi connectivity index (χ0v) is 21.3. The van der Waals surface area contributed by atoms with E-state index in [4.69, 9.17) is 4.74 Å². The lowest BCUT2D eigenvalue weighted by Crippen LogP contribution is -2.51. The van der Waals surface area contributed by atoms with Crippen molar-refractivity contribution in [3.8, 4) is 0 Å². The molecule has 1 rings (SSSR count). The number of ether oxygens (including phenoxy) is 1. The molecule has 1 fully saturated rings. The van der Waals surface area contributed by atoms with Gasteiger partial charge in [0.1, 0.15) is 0 Å². The summed E-state index contributed by atoms with van der Waals surface area (Å²) in [7, 11) is -1.36. The molecule has 0 saturated carbocycles. The number of hydrogen-bond donors (Lipinski definition) is 2. The maximum absolute atomic E-state index is 11.6. The molecule has 10 heteroatoms. The SMILES string of the molecule is CCN(CCCNC(=NC)NCC(CC(C)C)N1CCOCC1)S(C)(=O)=O.I. The van der Waals surface area contributed by atoms with Crippen LogP contribution in [0, 0.1) is 5.92 Å². The van der Waals surface area contributed by atoms with Crippen molar-refractivity contribution in [2.45, 2.75) is 39.7 Å². The number of halogens is 1. The predicted octanol–water partition coefficient (Wildman–Crippen LogP) is 1.19. The first-order valence-corrected chi connectivity index (χ1v) is 11.8. The summed E-state index contributed by atoms with van der Waals surface area (Å²) in [6.07, 6.45) is 3.12. The normalized spacial score (nSPS) is 17.5. The van der Waals surface area contributed by atoms with E-state index in [2.05, 4.69) is 34.4 Å². The lowest BCUT2D eigenvalue weighted by atomic mass is 10.0. The van der Waals surface area contributed by atoms with Crippen LogP contribution in [0.4, 0.5) is 0 Å². The molecule has 0 aromatic rings. The molecule has 1 aliphatic rings. The van der Waals surface area contributed by atoms with E-state index in [0.717, 1.165) is 51.6 Å². The molecular weight excluding hydrogens is 493 g/mol. The highest BCUT2D eigenvalue weighted by Gasteiger charge is 2.22. The number of rotatable bonds is 11. The highest BCUT2D eigenvalue weighted by molar-refractivity contribution is 14.0. The average molecular weight is 534 g/mol. The van der Waals surface area contributed by atoms with Crippen molar-refractivity contribution in [3.05, 3.63) is 0 Å². The van der Waals surface area contributed by atoms with Gasteiger partial charge in [0.25, 0.3) is 0 Å². The molecule has 1 saturated heterocycles. The van der Waals surface area contributed by atoms with Gasteiger partial charge in [0.2, 0.25) is 10.0 Å². The van der Waals surface area contributed by atoms with E-state index in [1.807, 2.05) is 6.92 Å². The van der Waals surface area contributed by atoms with Gasteiger partial charge < -0.3 is 15.4 Å². The molecule has 0 aliphatic carbocycles. The Morgan fingerprint density at radius 2 is 1.89 bits per heavy atom. The number of aliphatic imine (C=N–C) groups is 1. The molecule has 0 aromatic carbocycles. The van der Waals surface area contributed by atoms with E-state index in [1.165, 1.54) is 10.6 Å². The Balaban J connectivity index is 0.00000729.